The molecule has 2 aromatic rings. The number of hydrogen-bond acceptors (Lipinski definition) is 4. The fourth-order valence-electron chi connectivity index (χ4n) is 4.07. The first-order chi connectivity index (χ1) is 13.6. The number of piperidine rings is 1. The van der Waals surface area contributed by atoms with E-state index in [2.05, 4.69) is 10.3 Å². The van der Waals surface area contributed by atoms with E-state index in [0.717, 1.165) is 24.8 Å². The summed E-state index contributed by atoms with van der Waals surface area (Å²) in [6.07, 6.45) is 6.43. The van der Waals surface area contributed by atoms with E-state index in [1.807, 2.05) is 41.3 Å². The van der Waals surface area contributed by atoms with E-state index in [-0.39, 0.29) is 17.4 Å². The van der Waals surface area contributed by atoms with Crippen molar-refractivity contribution < 1.29 is 14.3 Å². The minimum Gasteiger partial charge on any atom is -0.362 e. The highest BCUT2D eigenvalue weighted by molar-refractivity contribution is 5.94. The van der Waals surface area contributed by atoms with Gasteiger partial charge in [-0.05, 0) is 43.4 Å². The first-order valence-corrected chi connectivity index (χ1v) is 9.84. The zero-order valence-corrected chi connectivity index (χ0v) is 15.8. The van der Waals surface area contributed by atoms with Gasteiger partial charge in [-0.15, -0.1) is 0 Å². The number of likely N-dealkylation sites (tertiary alicyclic amines) is 1. The van der Waals surface area contributed by atoms with Gasteiger partial charge < -0.3 is 15.0 Å². The maximum absolute atomic E-state index is 12.6. The SMILES string of the molecule is O=C(Nc1cccnc1)[C@@H]1CCC2(CCN(C(=O)Cc3ccccc3)CC2)O1. The van der Waals surface area contributed by atoms with E-state index in [1.165, 1.54) is 0 Å². The van der Waals surface area contributed by atoms with Crippen LogP contribution in [-0.4, -0.2) is 46.5 Å². The number of carbonyl (C=O) groups excluding carboxylic acids is 2. The smallest absolute Gasteiger partial charge is 0.253 e. The number of hydrogen-bond donors (Lipinski definition) is 1. The predicted molar refractivity (Wildman–Crippen MR) is 106 cm³/mol. The highest BCUT2D eigenvalue weighted by atomic mass is 16.5. The fraction of sp³-hybridized carbons (Fsp3) is 0.409. The summed E-state index contributed by atoms with van der Waals surface area (Å²) < 4.78 is 6.20. The summed E-state index contributed by atoms with van der Waals surface area (Å²) in [7, 11) is 0. The number of benzene rings is 1. The average molecular weight is 379 g/mol. The van der Waals surface area contributed by atoms with Crippen LogP contribution in [0.25, 0.3) is 0 Å². The summed E-state index contributed by atoms with van der Waals surface area (Å²) >= 11 is 0. The molecule has 2 aliphatic rings. The van der Waals surface area contributed by atoms with Crippen molar-refractivity contribution in [1.82, 2.24) is 9.88 Å². The Morgan fingerprint density at radius 3 is 2.61 bits per heavy atom. The van der Waals surface area contributed by atoms with E-state index in [0.29, 0.717) is 31.6 Å². The minimum absolute atomic E-state index is 0.118. The number of nitrogens with zero attached hydrogens (tertiary/aromatic N) is 2. The maximum Gasteiger partial charge on any atom is 0.253 e. The van der Waals surface area contributed by atoms with Gasteiger partial charge in [0.05, 0.1) is 23.9 Å². The Hall–Kier alpha value is -2.73. The van der Waals surface area contributed by atoms with Gasteiger partial charge in [0.25, 0.3) is 5.91 Å². The molecule has 2 aliphatic heterocycles. The minimum atomic E-state index is -0.438. The molecule has 6 heteroatoms. The second kappa shape index (κ2) is 8.10. The molecule has 0 saturated carbocycles. The highest BCUT2D eigenvalue weighted by Crippen LogP contribution is 2.39. The molecular formula is C22H25N3O3. The lowest BCUT2D eigenvalue weighted by atomic mass is 9.88. The normalized spacial score (nSPS) is 20.9. The molecule has 0 aliphatic carbocycles. The van der Waals surface area contributed by atoms with Crippen LogP contribution in [0.2, 0.25) is 0 Å². The fourth-order valence-corrected chi connectivity index (χ4v) is 4.07. The van der Waals surface area contributed by atoms with E-state index < -0.39 is 6.10 Å². The second-order valence-electron chi connectivity index (χ2n) is 7.60. The Morgan fingerprint density at radius 2 is 1.89 bits per heavy atom. The van der Waals surface area contributed by atoms with Crippen molar-refractivity contribution in [2.45, 2.75) is 43.8 Å². The molecular weight excluding hydrogens is 354 g/mol. The van der Waals surface area contributed by atoms with E-state index in [4.69, 9.17) is 4.74 Å². The molecule has 3 heterocycles. The van der Waals surface area contributed by atoms with Gasteiger partial charge >= 0.3 is 0 Å². The van der Waals surface area contributed by atoms with Gasteiger partial charge in [0, 0.05) is 19.3 Å². The van der Waals surface area contributed by atoms with E-state index >= 15 is 0 Å². The van der Waals surface area contributed by atoms with Crippen molar-refractivity contribution in [2.75, 3.05) is 18.4 Å². The van der Waals surface area contributed by atoms with Crippen LogP contribution in [0.3, 0.4) is 0 Å². The van der Waals surface area contributed by atoms with Gasteiger partial charge in [-0.2, -0.15) is 0 Å². The van der Waals surface area contributed by atoms with Crippen molar-refractivity contribution in [3.05, 3.63) is 60.4 Å². The Labute approximate surface area is 164 Å². The molecule has 4 rings (SSSR count). The summed E-state index contributed by atoms with van der Waals surface area (Å²) in [5.74, 6) is 0.0392. The number of rotatable bonds is 4. The third-order valence-electron chi connectivity index (χ3n) is 5.70. The summed E-state index contributed by atoms with van der Waals surface area (Å²) in [5.41, 5.74) is 1.44. The summed E-state index contributed by atoms with van der Waals surface area (Å²) in [5, 5.41) is 2.87. The van der Waals surface area contributed by atoms with Crippen LogP contribution in [0.1, 0.15) is 31.2 Å². The van der Waals surface area contributed by atoms with Crippen LogP contribution >= 0.6 is 0 Å². The molecule has 0 radical (unpaired) electrons. The number of carbonyl (C=O) groups is 2. The van der Waals surface area contributed by atoms with Crippen LogP contribution in [0.5, 0.6) is 0 Å². The monoisotopic (exact) mass is 379 g/mol. The summed E-state index contributed by atoms with van der Waals surface area (Å²) in [6, 6.07) is 13.4. The predicted octanol–water partition coefficient (Wildman–Crippen LogP) is 2.80. The number of ether oxygens (including phenoxy) is 1. The Bertz CT molecular complexity index is 817. The van der Waals surface area contributed by atoms with Crippen LogP contribution in [0.4, 0.5) is 5.69 Å². The van der Waals surface area contributed by atoms with Crippen molar-refractivity contribution >= 4 is 17.5 Å². The molecule has 1 aromatic heterocycles. The molecule has 2 amide bonds. The molecule has 1 atom stereocenters. The van der Waals surface area contributed by atoms with Crippen LogP contribution in [0, 0.1) is 0 Å². The number of pyridine rings is 1. The lowest BCUT2D eigenvalue weighted by Gasteiger charge is -2.39. The van der Waals surface area contributed by atoms with Crippen LogP contribution in [0.15, 0.2) is 54.9 Å². The number of anilines is 1. The molecule has 1 N–H and O–H groups in total. The number of nitrogens with one attached hydrogen (secondary N) is 1. The van der Waals surface area contributed by atoms with E-state index in [1.54, 1.807) is 18.5 Å². The van der Waals surface area contributed by atoms with E-state index in [9.17, 15) is 9.59 Å². The molecule has 1 aromatic carbocycles. The number of amides is 2. The molecule has 0 unspecified atom stereocenters. The van der Waals surface area contributed by atoms with Crippen molar-refractivity contribution in [1.29, 1.82) is 0 Å². The zero-order valence-electron chi connectivity index (χ0n) is 15.8. The zero-order chi connectivity index (χ0) is 19.4. The molecule has 146 valence electrons. The topological polar surface area (TPSA) is 71.5 Å². The third kappa shape index (κ3) is 4.22. The van der Waals surface area contributed by atoms with Crippen molar-refractivity contribution in [3.8, 4) is 0 Å². The van der Waals surface area contributed by atoms with Crippen molar-refractivity contribution in [2.24, 2.45) is 0 Å². The Kier molecular flexibility index (Phi) is 5.39. The van der Waals surface area contributed by atoms with Crippen molar-refractivity contribution in [3.63, 3.8) is 0 Å². The molecule has 2 fully saturated rings. The summed E-state index contributed by atoms with van der Waals surface area (Å²) in [4.78, 5) is 31.0. The Morgan fingerprint density at radius 1 is 1.11 bits per heavy atom. The quantitative estimate of drug-likeness (QED) is 0.887. The van der Waals surface area contributed by atoms with Gasteiger partial charge in [-0.25, -0.2) is 0 Å². The van der Waals surface area contributed by atoms with Gasteiger partial charge in [0.2, 0.25) is 5.91 Å². The lowest BCUT2D eigenvalue weighted by molar-refractivity contribution is -0.143. The van der Waals surface area contributed by atoms with Gasteiger partial charge in [-0.1, -0.05) is 30.3 Å². The second-order valence-corrected chi connectivity index (χ2v) is 7.60. The Balaban J connectivity index is 1.28. The van der Waals surface area contributed by atoms with Gasteiger partial charge in [0.1, 0.15) is 6.10 Å². The molecule has 1 spiro atoms. The number of aromatic nitrogens is 1. The highest BCUT2D eigenvalue weighted by Gasteiger charge is 2.45. The first-order valence-electron chi connectivity index (χ1n) is 9.84. The first kappa shape index (κ1) is 18.6. The van der Waals surface area contributed by atoms with Gasteiger partial charge in [0.15, 0.2) is 0 Å². The third-order valence-corrected chi connectivity index (χ3v) is 5.70. The molecule has 2 saturated heterocycles. The average Bonchev–Trinajstić information content (AvgIpc) is 3.14. The van der Waals surface area contributed by atoms with Crippen LogP contribution < -0.4 is 5.32 Å². The standard InChI is InChI=1S/C22H25N3O3/c26-20(15-17-5-2-1-3-6-17)25-13-10-22(11-14-25)9-8-19(28-22)21(27)24-18-7-4-12-23-16-18/h1-7,12,16,19H,8-11,13-15H2,(H,24,27)/t19-/m0/s1. The van der Waals surface area contributed by atoms with Gasteiger partial charge in [-0.3, -0.25) is 14.6 Å². The van der Waals surface area contributed by atoms with Crippen LogP contribution in [-0.2, 0) is 20.7 Å². The summed E-state index contributed by atoms with van der Waals surface area (Å²) in [6.45, 7) is 1.37. The lowest BCUT2D eigenvalue weighted by Crippen LogP contribution is -2.47. The maximum atomic E-state index is 12.6. The molecule has 0 bridgehead atoms. The molecule has 28 heavy (non-hydrogen) atoms. The molecule has 6 nitrogen and oxygen atoms in total. The largest absolute Gasteiger partial charge is 0.362 e.